The first-order valence-electron chi connectivity index (χ1n) is 14.9. The van der Waals surface area contributed by atoms with E-state index in [1.165, 1.54) is 12.1 Å². The number of phenols is 1. The molecule has 3 aliphatic heterocycles. The van der Waals surface area contributed by atoms with E-state index in [0.717, 1.165) is 75.8 Å². The molecule has 3 saturated heterocycles. The van der Waals surface area contributed by atoms with Crippen molar-refractivity contribution in [2.45, 2.75) is 81.3 Å². The predicted molar refractivity (Wildman–Crippen MR) is 154 cm³/mol. The Kier molecular flexibility index (Phi) is 6.83. The van der Waals surface area contributed by atoms with Crippen molar-refractivity contribution < 1.29 is 18.6 Å². The molecule has 1 aromatic carbocycles. The average molecular weight is 584 g/mol. The van der Waals surface area contributed by atoms with Gasteiger partial charge < -0.3 is 15.2 Å². The summed E-state index contributed by atoms with van der Waals surface area (Å²) in [6.07, 6.45) is 7.57. The SMILES string of the molecule is CCC1(c2nc(OC[C@@]34CCCN3C[C@H](F)C4)nc3c(F)c(-c4cc(O)cc(Cl)c4C4CC4)ncc23)CCNCC1. The minimum Gasteiger partial charge on any atom is -0.508 e. The Morgan fingerprint density at radius 2 is 2.00 bits per heavy atom. The number of rotatable bonds is 7. The number of hydrogen-bond acceptors (Lipinski definition) is 7. The van der Waals surface area contributed by atoms with Gasteiger partial charge in [0, 0.05) is 40.5 Å². The van der Waals surface area contributed by atoms with E-state index in [4.69, 9.17) is 21.3 Å². The second-order valence-corrected chi connectivity index (χ2v) is 12.9. The fourth-order valence-corrected chi connectivity index (χ4v) is 7.96. The molecule has 0 unspecified atom stereocenters. The summed E-state index contributed by atoms with van der Waals surface area (Å²) in [7, 11) is 0. The number of piperidine rings is 1. The summed E-state index contributed by atoms with van der Waals surface area (Å²) < 4.78 is 37.3. The second kappa shape index (κ2) is 10.3. The van der Waals surface area contributed by atoms with Gasteiger partial charge in [-0.25, -0.2) is 8.78 Å². The molecule has 2 aromatic heterocycles. The van der Waals surface area contributed by atoms with Crippen molar-refractivity contribution in [3.63, 3.8) is 0 Å². The van der Waals surface area contributed by atoms with Crippen molar-refractivity contribution in [1.29, 1.82) is 0 Å². The first-order chi connectivity index (χ1) is 19.8. The van der Waals surface area contributed by atoms with E-state index in [2.05, 4.69) is 27.1 Å². The lowest BCUT2D eigenvalue weighted by atomic mass is 9.73. The third kappa shape index (κ3) is 4.64. The van der Waals surface area contributed by atoms with Crippen LogP contribution in [0.15, 0.2) is 18.3 Å². The van der Waals surface area contributed by atoms with Crippen molar-refractivity contribution in [3.8, 4) is 23.0 Å². The molecule has 5 heterocycles. The monoisotopic (exact) mass is 583 g/mol. The third-order valence-electron chi connectivity index (χ3n) is 9.99. The van der Waals surface area contributed by atoms with Gasteiger partial charge in [0.05, 0.1) is 11.2 Å². The van der Waals surface area contributed by atoms with E-state index < -0.39 is 12.0 Å². The summed E-state index contributed by atoms with van der Waals surface area (Å²) in [5.41, 5.74) is 1.68. The molecule has 10 heteroatoms. The molecule has 4 fully saturated rings. The number of benzene rings is 1. The average Bonchev–Trinajstić information content (AvgIpc) is 3.65. The third-order valence-corrected chi connectivity index (χ3v) is 10.3. The van der Waals surface area contributed by atoms with Crippen molar-refractivity contribution in [1.82, 2.24) is 25.2 Å². The maximum absolute atomic E-state index is 16.6. The molecule has 0 bridgehead atoms. The number of pyridine rings is 1. The Morgan fingerprint density at radius 1 is 1.20 bits per heavy atom. The smallest absolute Gasteiger partial charge is 0.317 e. The standard InChI is InChI=1S/C31H36ClF2N5O2/c1-2-30(7-9-35-10-8-30)28-22-15-36-26(21-12-20(40)13-23(32)24(21)18-4-5-18)25(34)27(22)37-29(38-28)41-17-31-6-3-11-39(31)16-19(33)14-31/h12-13,15,18-19,35,40H,2-11,14,16-17H2,1H3/t19-,31+/m1/s1. The number of aromatic nitrogens is 3. The molecule has 0 amide bonds. The van der Waals surface area contributed by atoms with Gasteiger partial charge in [-0.15, -0.1) is 0 Å². The molecule has 1 saturated carbocycles. The Labute approximate surface area is 243 Å². The number of phenolic OH excluding ortho intramolecular Hbond substituents is 1. The summed E-state index contributed by atoms with van der Waals surface area (Å²) >= 11 is 6.54. The van der Waals surface area contributed by atoms with Crippen LogP contribution in [0.2, 0.25) is 5.02 Å². The van der Waals surface area contributed by atoms with E-state index in [9.17, 15) is 9.50 Å². The molecule has 2 N–H and O–H groups in total. The largest absolute Gasteiger partial charge is 0.508 e. The number of ether oxygens (including phenoxy) is 1. The molecule has 0 radical (unpaired) electrons. The Balaban J connectivity index is 1.36. The molecule has 3 aromatic rings. The van der Waals surface area contributed by atoms with Crippen LogP contribution in [0.1, 0.15) is 75.5 Å². The topological polar surface area (TPSA) is 83.4 Å². The molecule has 7 rings (SSSR count). The predicted octanol–water partition coefficient (Wildman–Crippen LogP) is 6.05. The van der Waals surface area contributed by atoms with Gasteiger partial charge in [0.15, 0.2) is 5.82 Å². The minimum absolute atomic E-state index is 0.0363. The Hall–Kier alpha value is -2.62. The molecule has 4 aliphatic rings. The molecule has 7 nitrogen and oxygen atoms in total. The van der Waals surface area contributed by atoms with E-state index in [1.54, 1.807) is 6.20 Å². The normalized spacial score (nSPS) is 26.0. The minimum atomic E-state index is -0.870. The van der Waals surface area contributed by atoms with Gasteiger partial charge >= 0.3 is 6.01 Å². The molecular weight excluding hydrogens is 548 g/mol. The summed E-state index contributed by atoms with van der Waals surface area (Å²) in [5.74, 6) is -0.400. The summed E-state index contributed by atoms with van der Waals surface area (Å²) in [6.45, 7) is 5.38. The molecule has 218 valence electrons. The van der Waals surface area contributed by atoms with Crippen molar-refractivity contribution in [2.75, 3.05) is 32.8 Å². The number of fused-ring (bicyclic) bond motifs is 2. The number of alkyl halides is 1. The molecule has 1 aliphatic carbocycles. The quantitative estimate of drug-likeness (QED) is 0.350. The molecule has 2 atom stereocenters. The van der Waals surface area contributed by atoms with E-state index >= 15 is 4.39 Å². The highest BCUT2D eigenvalue weighted by Gasteiger charge is 2.49. The lowest BCUT2D eigenvalue weighted by Gasteiger charge is -2.37. The van der Waals surface area contributed by atoms with Gasteiger partial charge in [0.25, 0.3) is 0 Å². The van der Waals surface area contributed by atoms with Gasteiger partial charge in [-0.2, -0.15) is 9.97 Å². The van der Waals surface area contributed by atoms with Gasteiger partial charge in [-0.1, -0.05) is 18.5 Å². The van der Waals surface area contributed by atoms with Gasteiger partial charge in [0.1, 0.15) is 29.7 Å². The first-order valence-corrected chi connectivity index (χ1v) is 15.3. The van der Waals surface area contributed by atoms with Crippen molar-refractivity contribution in [3.05, 3.63) is 40.4 Å². The van der Waals surface area contributed by atoms with Crippen LogP contribution in [0, 0.1) is 5.82 Å². The number of nitrogens with one attached hydrogen (secondary N) is 1. The summed E-state index contributed by atoms with van der Waals surface area (Å²) in [4.78, 5) is 16.4. The van der Waals surface area contributed by atoms with Gasteiger partial charge in [0.2, 0.25) is 0 Å². The maximum atomic E-state index is 16.6. The van der Waals surface area contributed by atoms with Crippen LogP contribution >= 0.6 is 11.6 Å². The lowest BCUT2D eigenvalue weighted by Crippen LogP contribution is -2.43. The second-order valence-electron chi connectivity index (χ2n) is 12.4. The van der Waals surface area contributed by atoms with Gasteiger partial charge in [-0.3, -0.25) is 9.88 Å². The Morgan fingerprint density at radius 3 is 2.76 bits per heavy atom. The zero-order chi connectivity index (χ0) is 28.4. The van der Waals surface area contributed by atoms with Crippen LogP contribution in [0.5, 0.6) is 11.8 Å². The number of aromatic hydroxyl groups is 1. The van der Waals surface area contributed by atoms with Crippen LogP contribution in [0.4, 0.5) is 8.78 Å². The molecular formula is C31H36ClF2N5O2. The van der Waals surface area contributed by atoms with Crippen molar-refractivity contribution >= 4 is 22.5 Å². The number of halogens is 3. The first kappa shape index (κ1) is 27.2. The fraction of sp³-hybridized carbons (Fsp3) is 0.581. The maximum Gasteiger partial charge on any atom is 0.317 e. The van der Waals surface area contributed by atoms with Crippen LogP contribution in [0.3, 0.4) is 0 Å². The van der Waals surface area contributed by atoms with E-state index in [0.29, 0.717) is 28.9 Å². The zero-order valence-corrected chi connectivity index (χ0v) is 24.1. The van der Waals surface area contributed by atoms with E-state index in [1.807, 2.05) is 0 Å². The highest BCUT2D eigenvalue weighted by atomic mass is 35.5. The fourth-order valence-electron chi connectivity index (χ4n) is 7.59. The highest BCUT2D eigenvalue weighted by molar-refractivity contribution is 6.32. The molecule has 41 heavy (non-hydrogen) atoms. The zero-order valence-electron chi connectivity index (χ0n) is 23.4. The number of nitrogens with zero attached hydrogens (tertiary/aromatic N) is 4. The lowest BCUT2D eigenvalue weighted by molar-refractivity contribution is 0.107. The van der Waals surface area contributed by atoms with Crippen LogP contribution in [0.25, 0.3) is 22.2 Å². The van der Waals surface area contributed by atoms with Crippen molar-refractivity contribution in [2.24, 2.45) is 0 Å². The summed E-state index contributed by atoms with van der Waals surface area (Å²) in [5, 5.41) is 14.8. The van der Waals surface area contributed by atoms with Crippen LogP contribution in [-0.2, 0) is 5.41 Å². The van der Waals surface area contributed by atoms with Gasteiger partial charge in [-0.05, 0) is 88.2 Å². The highest BCUT2D eigenvalue weighted by Crippen LogP contribution is 2.50. The van der Waals surface area contributed by atoms with E-state index in [-0.39, 0.29) is 46.4 Å². The Bertz CT molecular complexity index is 1500. The summed E-state index contributed by atoms with van der Waals surface area (Å²) in [6, 6.07) is 3.16. The van der Waals surface area contributed by atoms with Crippen LogP contribution < -0.4 is 10.1 Å². The molecule has 0 spiro atoms. The van der Waals surface area contributed by atoms with Crippen LogP contribution in [-0.4, -0.2) is 69.5 Å². The number of hydrogen-bond donors (Lipinski definition) is 2.